The van der Waals surface area contributed by atoms with Crippen molar-refractivity contribution in [3.8, 4) is 5.75 Å². The Morgan fingerprint density at radius 1 is 1.27 bits per heavy atom. The van der Waals surface area contributed by atoms with Crippen LogP contribution in [0.15, 0.2) is 46.9 Å². The number of carbonyl (C=O) groups excluding carboxylic acids is 1. The standard InChI is InChI=1S/C16H14BrClFNO2/c1-20(9-11-2-5-13(19)6-3-11)16(21)10-22-15-7-4-12(18)8-14(15)17/h2-8H,9-10H2,1H3. The van der Waals surface area contributed by atoms with E-state index in [4.69, 9.17) is 16.3 Å². The summed E-state index contributed by atoms with van der Waals surface area (Å²) < 4.78 is 19.0. The predicted molar refractivity (Wildman–Crippen MR) is 87.5 cm³/mol. The minimum Gasteiger partial charge on any atom is -0.483 e. The third-order valence-electron chi connectivity index (χ3n) is 3.00. The second-order valence-corrected chi connectivity index (χ2v) is 6.03. The van der Waals surface area contributed by atoms with Gasteiger partial charge in [-0.25, -0.2) is 4.39 Å². The first-order valence-corrected chi connectivity index (χ1v) is 7.69. The third kappa shape index (κ3) is 4.71. The maximum Gasteiger partial charge on any atom is 0.260 e. The molecule has 0 aromatic heterocycles. The molecule has 6 heteroatoms. The van der Waals surface area contributed by atoms with E-state index in [9.17, 15) is 9.18 Å². The van der Waals surface area contributed by atoms with Crippen LogP contribution in [0.5, 0.6) is 5.75 Å². The van der Waals surface area contributed by atoms with Gasteiger partial charge < -0.3 is 9.64 Å². The highest BCUT2D eigenvalue weighted by molar-refractivity contribution is 9.10. The van der Waals surface area contributed by atoms with Crippen molar-refractivity contribution in [2.24, 2.45) is 0 Å². The summed E-state index contributed by atoms with van der Waals surface area (Å²) in [4.78, 5) is 13.6. The molecule has 2 rings (SSSR count). The molecule has 0 atom stereocenters. The van der Waals surface area contributed by atoms with E-state index < -0.39 is 0 Å². The normalized spacial score (nSPS) is 10.4. The summed E-state index contributed by atoms with van der Waals surface area (Å²) in [7, 11) is 1.67. The summed E-state index contributed by atoms with van der Waals surface area (Å²) in [6, 6.07) is 11.1. The minimum atomic E-state index is -0.298. The second-order valence-electron chi connectivity index (χ2n) is 4.74. The molecular weight excluding hydrogens is 373 g/mol. The molecule has 0 spiro atoms. The summed E-state index contributed by atoms with van der Waals surface area (Å²) >= 11 is 9.17. The zero-order valence-corrected chi connectivity index (χ0v) is 14.2. The number of halogens is 3. The number of likely N-dealkylation sites (N-methyl/N-ethyl adjacent to an activating group) is 1. The van der Waals surface area contributed by atoms with Crippen molar-refractivity contribution >= 4 is 33.4 Å². The first-order valence-electron chi connectivity index (χ1n) is 6.52. The van der Waals surface area contributed by atoms with Crippen molar-refractivity contribution < 1.29 is 13.9 Å². The molecular formula is C16H14BrClFNO2. The summed E-state index contributed by atoms with van der Waals surface area (Å²) in [6.45, 7) is 0.308. The number of benzene rings is 2. The highest BCUT2D eigenvalue weighted by atomic mass is 79.9. The van der Waals surface area contributed by atoms with Crippen LogP contribution in [0.2, 0.25) is 5.02 Å². The zero-order valence-electron chi connectivity index (χ0n) is 11.9. The van der Waals surface area contributed by atoms with Crippen LogP contribution in [0.3, 0.4) is 0 Å². The molecule has 0 unspecified atom stereocenters. The van der Waals surface area contributed by atoms with Gasteiger partial charge in [0.25, 0.3) is 5.91 Å². The lowest BCUT2D eigenvalue weighted by atomic mass is 10.2. The molecule has 0 saturated carbocycles. The maximum atomic E-state index is 12.8. The molecule has 0 radical (unpaired) electrons. The molecule has 0 aliphatic heterocycles. The molecule has 0 bridgehead atoms. The topological polar surface area (TPSA) is 29.5 Å². The number of rotatable bonds is 5. The fraction of sp³-hybridized carbons (Fsp3) is 0.188. The molecule has 0 heterocycles. The predicted octanol–water partition coefficient (Wildman–Crippen LogP) is 4.28. The van der Waals surface area contributed by atoms with Gasteiger partial charge in [-0.15, -0.1) is 0 Å². The average Bonchev–Trinajstić information content (AvgIpc) is 2.48. The van der Waals surface area contributed by atoms with Crippen LogP contribution in [0, 0.1) is 5.82 Å². The van der Waals surface area contributed by atoms with Crippen LogP contribution in [0.4, 0.5) is 4.39 Å². The van der Waals surface area contributed by atoms with Gasteiger partial charge >= 0.3 is 0 Å². The van der Waals surface area contributed by atoms with Crippen molar-refractivity contribution in [3.63, 3.8) is 0 Å². The Balaban J connectivity index is 1.89. The summed E-state index contributed by atoms with van der Waals surface area (Å²) in [5.41, 5.74) is 0.852. The first-order chi connectivity index (χ1) is 10.5. The van der Waals surface area contributed by atoms with E-state index in [0.717, 1.165) is 5.56 Å². The van der Waals surface area contributed by atoms with Crippen molar-refractivity contribution in [2.45, 2.75) is 6.54 Å². The molecule has 2 aromatic carbocycles. The Kier molecular flexibility index (Phi) is 5.80. The van der Waals surface area contributed by atoms with Crippen LogP contribution >= 0.6 is 27.5 Å². The van der Waals surface area contributed by atoms with Gasteiger partial charge in [0.05, 0.1) is 4.47 Å². The molecule has 116 valence electrons. The number of amides is 1. The lowest BCUT2D eigenvalue weighted by Gasteiger charge is -2.18. The Morgan fingerprint density at radius 2 is 1.95 bits per heavy atom. The van der Waals surface area contributed by atoms with E-state index in [1.165, 1.54) is 17.0 Å². The third-order valence-corrected chi connectivity index (χ3v) is 3.86. The van der Waals surface area contributed by atoms with Gasteiger partial charge in [-0.3, -0.25) is 4.79 Å². The van der Waals surface area contributed by atoms with Crippen molar-refractivity contribution in [3.05, 3.63) is 63.3 Å². The van der Waals surface area contributed by atoms with Crippen molar-refractivity contribution in [1.82, 2.24) is 4.90 Å². The zero-order chi connectivity index (χ0) is 16.1. The second kappa shape index (κ2) is 7.61. The molecule has 2 aromatic rings. The van der Waals surface area contributed by atoms with Crippen molar-refractivity contribution in [1.29, 1.82) is 0 Å². The van der Waals surface area contributed by atoms with E-state index in [2.05, 4.69) is 15.9 Å². The van der Waals surface area contributed by atoms with Gasteiger partial charge in [-0.1, -0.05) is 23.7 Å². The summed E-state index contributed by atoms with van der Waals surface area (Å²) in [5.74, 6) is 0.0766. The van der Waals surface area contributed by atoms with E-state index >= 15 is 0 Å². The number of nitrogens with zero attached hydrogens (tertiary/aromatic N) is 1. The van der Waals surface area contributed by atoms with Gasteiger partial charge in [-0.2, -0.15) is 0 Å². The van der Waals surface area contributed by atoms with E-state index in [-0.39, 0.29) is 18.3 Å². The van der Waals surface area contributed by atoms with Crippen LogP contribution in [-0.2, 0) is 11.3 Å². The van der Waals surface area contributed by atoms with Gasteiger partial charge in [0.2, 0.25) is 0 Å². The fourth-order valence-electron chi connectivity index (χ4n) is 1.79. The van der Waals surface area contributed by atoms with Gasteiger partial charge in [0.1, 0.15) is 11.6 Å². The summed E-state index contributed by atoms with van der Waals surface area (Å²) in [6.07, 6.45) is 0. The van der Waals surface area contributed by atoms with E-state index in [0.29, 0.717) is 21.8 Å². The Hall–Kier alpha value is -1.59. The number of hydrogen-bond donors (Lipinski definition) is 0. The monoisotopic (exact) mass is 385 g/mol. The fourth-order valence-corrected chi connectivity index (χ4v) is 2.59. The molecule has 0 fully saturated rings. The first kappa shape index (κ1) is 16.8. The Labute approximate surface area is 141 Å². The van der Waals surface area contributed by atoms with E-state index in [1.54, 1.807) is 37.4 Å². The lowest BCUT2D eigenvalue weighted by molar-refractivity contribution is -0.132. The van der Waals surface area contributed by atoms with Crippen LogP contribution in [0.25, 0.3) is 0 Å². The SMILES string of the molecule is CN(Cc1ccc(F)cc1)C(=O)COc1ccc(Cl)cc1Br. The number of hydrogen-bond acceptors (Lipinski definition) is 2. The van der Waals surface area contributed by atoms with Crippen LogP contribution in [0.1, 0.15) is 5.56 Å². The average molecular weight is 387 g/mol. The van der Waals surface area contributed by atoms with Gasteiger partial charge in [0.15, 0.2) is 6.61 Å². The quantitative estimate of drug-likeness (QED) is 0.767. The molecule has 0 aliphatic carbocycles. The lowest BCUT2D eigenvalue weighted by Crippen LogP contribution is -2.31. The molecule has 0 saturated heterocycles. The van der Waals surface area contributed by atoms with Gasteiger partial charge in [-0.05, 0) is 51.8 Å². The largest absolute Gasteiger partial charge is 0.483 e. The number of ether oxygens (including phenoxy) is 1. The smallest absolute Gasteiger partial charge is 0.260 e. The Bertz CT molecular complexity index is 664. The minimum absolute atomic E-state index is 0.0854. The molecule has 3 nitrogen and oxygen atoms in total. The molecule has 0 aliphatic rings. The maximum absolute atomic E-state index is 12.8. The summed E-state index contributed by atoms with van der Waals surface area (Å²) in [5, 5.41) is 0.582. The van der Waals surface area contributed by atoms with Crippen molar-refractivity contribution in [2.75, 3.05) is 13.7 Å². The van der Waals surface area contributed by atoms with Crippen LogP contribution in [-0.4, -0.2) is 24.5 Å². The van der Waals surface area contributed by atoms with Crippen LogP contribution < -0.4 is 4.74 Å². The highest BCUT2D eigenvalue weighted by Crippen LogP contribution is 2.27. The highest BCUT2D eigenvalue weighted by Gasteiger charge is 2.11. The number of carbonyl (C=O) groups is 1. The van der Waals surface area contributed by atoms with Gasteiger partial charge in [0, 0.05) is 18.6 Å². The Morgan fingerprint density at radius 3 is 2.59 bits per heavy atom. The molecule has 0 N–H and O–H groups in total. The molecule has 1 amide bonds. The van der Waals surface area contributed by atoms with E-state index in [1.807, 2.05) is 0 Å². The molecule has 22 heavy (non-hydrogen) atoms.